The quantitative estimate of drug-likeness (QED) is 0.474. The van der Waals surface area contributed by atoms with Gasteiger partial charge in [0, 0.05) is 13.0 Å². The van der Waals surface area contributed by atoms with Gasteiger partial charge < -0.3 is 14.8 Å². The van der Waals surface area contributed by atoms with E-state index in [1.54, 1.807) is 0 Å². The predicted octanol–water partition coefficient (Wildman–Crippen LogP) is 3.75. The average Bonchev–Trinajstić information content (AvgIpc) is 2.71. The zero-order valence-corrected chi connectivity index (χ0v) is 16.6. The SMILES string of the molecule is COC(=O)CC(NC(=O)CCCOCCc1ccccc1)c1ccc(C)cc1. The number of aryl methyl sites for hydroxylation is 1. The lowest BCUT2D eigenvalue weighted by atomic mass is 10.0. The van der Waals surface area contributed by atoms with Gasteiger partial charge in [-0.3, -0.25) is 9.59 Å². The Morgan fingerprint density at radius 1 is 1.00 bits per heavy atom. The Labute approximate surface area is 167 Å². The number of hydrogen-bond donors (Lipinski definition) is 1. The zero-order valence-electron chi connectivity index (χ0n) is 16.6. The van der Waals surface area contributed by atoms with Crippen molar-refractivity contribution in [3.63, 3.8) is 0 Å². The molecule has 0 aliphatic carbocycles. The minimum absolute atomic E-state index is 0.0962. The molecular formula is C23H29NO4. The van der Waals surface area contributed by atoms with Crippen molar-refractivity contribution in [3.05, 3.63) is 71.3 Å². The number of amides is 1. The second-order valence-electron chi connectivity index (χ2n) is 6.76. The molecule has 0 spiro atoms. The molecule has 5 heteroatoms. The molecule has 2 rings (SSSR count). The number of hydrogen-bond acceptors (Lipinski definition) is 4. The van der Waals surface area contributed by atoms with Gasteiger partial charge in [0.1, 0.15) is 0 Å². The summed E-state index contributed by atoms with van der Waals surface area (Å²) in [5.74, 6) is -0.448. The Morgan fingerprint density at radius 2 is 1.71 bits per heavy atom. The van der Waals surface area contributed by atoms with E-state index in [9.17, 15) is 9.59 Å². The summed E-state index contributed by atoms with van der Waals surface area (Å²) < 4.78 is 10.4. The van der Waals surface area contributed by atoms with Gasteiger partial charge in [0.2, 0.25) is 5.91 Å². The minimum atomic E-state index is -0.389. The molecule has 2 aromatic rings. The molecule has 0 radical (unpaired) electrons. The van der Waals surface area contributed by atoms with Crippen molar-refractivity contribution < 1.29 is 19.1 Å². The van der Waals surface area contributed by atoms with Crippen molar-refractivity contribution >= 4 is 11.9 Å². The monoisotopic (exact) mass is 383 g/mol. The third kappa shape index (κ3) is 7.92. The molecule has 0 bridgehead atoms. The average molecular weight is 383 g/mol. The first-order chi connectivity index (χ1) is 13.6. The largest absolute Gasteiger partial charge is 0.469 e. The molecule has 0 aromatic heterocycles. The highest BCUT2D eigenvalue weighted by atomic mass is 16.5. The summed E-state index contributed by atoms with van der Waals surface area (Å²) in [4.78, 5) is 24.0. The Bertz CT molecular complexity index is 728. The van der Waals surface area contributed by atoms with Crippen molar-refractivity contribution in [1.29, 1.82) is 0 Å². The highest BCUT2D eigenvalue weighted by Crippen LogP contribution is 2.18. The molecule has 1 atom stereocenters. The van der Waals surface area contributed by atoms with Crippen molar-refractivity contribution in [1.82, 2.24) is 5.32 Å². The molecule has 0 aliphatic rings. The molecule has 28 heavy (non-hydrogen) atoms. The molecular weight excluding hydrogens is 354 g/mol. The Morgan fingerprint density at radius 3 is 2.39 bits per heavy atom. The number of esters is 1. The van der Waals surface area contributed by atoms with E-state index >= 15 is 0 Å². The maximum atomic E-state index is 12.3. The molecule has 150 valence electrons. The minimum Gasteiger partial charge on any atom is -0.469 e. The van der Waals surface area contributed by atoms with Gasteiger partial charge in [-0.05, 0) is 30.9 Å². The number of benzene rings is 2. The van der Waals surface area contributed by atoms with Crippen molar-refractivity contribution in [2.45, 2.75) is 38.6 Å². The molecule has 0 heterocycles. The number of methoxy groups -OCH3 is 1. The number of rotatable bonds is 11. The van der Waals surface area contributed by atoms with Gasteiger partial charge in [0.25, 0.3) is 0 Å². The van der Waals surface area contributed by atoms with Gasteiger partial charge in [-0.25, -0.2) is 0 Å². The smallest absolute Gasteiger partial charge is 0.307 e. The van der Waals surface area contributed by atoms with Crippen LogP contribution in [-0.2, 0) is 25.5 Å². The summed E-state index contributed by atoms with van der Waals surface area (Å²) in [6, 6.07) is 17.6. The summed E-state index contributed by atoms with van der Waals surface area (Å²) in [7, 11) is 1.35. The molecule has 0 saturated carbocycles. The second-order valence-corrected chi connectivity index (χ2v) is 6.76. The van der Waals surface area contributed by atoms with E-state index in [0.717, 1.165) is 17.5 Å². The second kappa shape index (κ2) is 11.9. The molecule has 5 nitrogen and oxygen atoms in total. The number of nitrogens with one attached hydrogen (secondary N) is 1. The highest BCUT2D eigenvalue weighted by molar-refractivity contribution is 5.78. The highest BCUT2D eigenvalue weighted by Gasteiger charge is 2.18. The van der Waals surface area contributed by atoms with Gasteiger partial charge in [-0.2, -0.15) is 0 Å². The first-order valence-electron chi connectivity index (χ1n) is 9.63. The Hall–Kier alpha value is -2.66. The lowest BCUT2D eigenvalue weighted by Crippen LogP contribution is -2.30. The van der Waals surface area contributed by atoms with Crippen molar-refractivity contribution in [3.8, 4) is 0 Å². The zero-order chi connectivity index (χ0) is 20.2. The first kappa shape index (κ1) is 21.6. The summed E-state index contributed by atoms with van der Waals surface area (Å²) in [6.07, 6.45) is 1.97. The normalized spacial score (nSPS) is 11.6. The number of carbonyl (C=O) groups excluding carboxylic acids is 2. The van der Waals surface area contributed by atoms with Crippen molar-refractivity contribution in [2.24, 2.45) is 0 Å². The lowest BCUT2D eigenvalue weighted by molar-refractivity contribution is -0.141. The van der Waals surface area contributed by atoms with E-state index in [1.165, 1.54) is 12.7 Å². The molecule has 2 aromatic carbocycles. The van der Waals surface area contributed by atoms with Crippen LogP contribution in [0.5, 0.6) is 0 Å². The molecule has 1 amide bonds. The Kier molecular flexibility index (Phi) is 9.22. The summed E-state index contributed by atoms with van der Waals surface area (Å²) in [5, 5.41) is 2.94. The summed E-state index contributed by atoms with van der Waals surface area (Å²) >= 11 is 0. The summed E-state index contributed by atoms with van der Waals surface area (Å²) in [6.45, 7) is 3.17. The van der Waals surface area contributed by atoms with Crippen LogP contribution in [-0.4, -0.2) is 32.2 Å². The molecule has 1 N–H and O–H groups in total. The van der Waals surface area contributed by atoms with Gasteiger partial charge in [-0.1, -0.05) is 60.2 Å². The predicted molar refractivity (Wildman–Crippen MR) is 109 cm³/mol. The lowest BCUT2D eigenvalue weighted by Gasteiger charge is -2.18. The van der Waals surface area contributed by atoms with E-state index in [0.29, 0.717) is 26.1 Å². The number of ether oxygens (including phenoxy) is 2. The van der Waals surface area contributed by atoms with Gasteiger partial charge in [0.15, 0.2) is 0 Å². The van der Waals surface area contributed by atoms with Crippen LogP contribution in [0.15, 0.2) is 54.6 Å². The summed E-state index contributed by atoms with van der Waals surface area (Å²) in [5.41, 5.74) is 3.26. The van der Waals surface area contributed by atoms with E-state index in [-0.39, 0.29) is 24.3 Å². The van der Waals surface area contributed by atoms with Crippen LogP contribution in [0, 0.1) is 6.92 Å². The van der Waals surface area contributed by atoms with Gasteiger partial charge in [-0.15, -0.1) is 0 Å². The van der Waals surface area contributed by atoms with Crippen LogP contribution in [0.25, 0.3) is 0 Å². The maximum Gasteiger partial charge on any atom is 0.307 e. The standard InChI is InChI=1S/C23H29NO4/c1-18-10-12-20(13-11-18)21(17-23(26)27-2)24-22(25)9-6-15-28-16-14-19-7-4-3-5-8-19/h3-5,7-8,10-13,21H,6,9,14-17H2,1-2H3,(H,24,25). The molecule has 0 saturated heterocycles. The third-order valence-electron chi connectivity index (χ3n) is 4.48. The van der Waals surface area contributed by atoms with Crippen LogP contribution in [0.3, 0.4) is 0 Å². The van der Waals surface area contributed by atoms with Crippen LogP contribution in [0.1, 0.15) is 42.0 Å². The fourth-order valence-corrected chi connectivity index (χ4v) is 2.84. The van der Waals surface area contributed by atoms with Gasteiger partial charge >= 0.3 is 5.97 Å². The maximum absolute atomic E-state index is 12.3. The van der Waals surface area contributed by atoms with Crippen LogP contribution in [0.2, 0.25) is 0 Å². The van der Waals surface area contributed by atoms with E-state index in [2.05, 4.69) is 17.4 Å². The van der Waals surface area contributed by atoms with Crippen LogP contribution < -0.4 is 5.32 Å². The van der Waals surface area contributed by atoms with E-state index in [1.807, 2.05) is 49.4 Å². The van der Waals surface area contributed by atoms with E-state index < -0.39 is 0 Å². The third-order valence-corrected chi connectivity index (χ3v) is 4.48. The molecule has 1 unspecified atom stereocenters. The fraction of sp³-hybridized carbons (Fsp3) is 0.391. The van der Waals surface area contributed by atoms with E-state index in [4.69, 9.17) is 9.47 Å². The first-order valence-corrected chi connectivity index (χ1v) is 9.63. The molecule has 0 fully saturated rings. The fourth-order valence-electron chi connectivity index (χ4n) is 2.84. The van der Waals surface area contributed by atoms with Crippen LogP contribution in [0.4, 0.5) is 0 Å². The topological polar surface area (TPSA) is 64.6 Å². The number of carbonyl (C=O) groups is 2. The Balaban J connectivity index is 1.73. The van der Waals surface area contributed by atoms with Crippen molar-refractivity contribution in [2.75, 3.05) is 20.3 Å². The van der Waals surface area contributed by atoms with Gasteiger partial charge in [0.05, 0.1) is 26.2 Å². The molecule has 0 aliphatic heterocycles. The van der Waals surface area contributed by atoms with Crippen LogP contribution >= 0.6 is 0 Å².